The summed E-state index contributed by atoms with van der Waals surface area (Å²) in [6.07, 6.45) is -0.476. The normalized spacial score (nSPS) is 12.4. The van der Waals surface area contributed by atoms with Crippen LogP contribution in [0.4, 0.5) is 11.4 Å². The highest BCUT2D eigenvalue weighted by molar-refractivity contribution is 6.07. The number of carboxylic acids is 1. The predicted octanol–water partition coefficient (Wildman–Crippen LogP) is 0.679. The van der Waals surface area contributed by atoms with Crippen LogP contribution in [0.2, 0.25) is 0 Å². The van der Waals surface area contributed by atoms with E-state index in [1.165, 1.54) is 11.9 Å². The molecule has 0 aliphatic rings. The molecule has 11 nitrogen and oxygen atoms in total. The van der Waals surface area contributed by atoms with Crippen molar-refractivity contribution in [3.05, 3.63) is 23.3 Å². The van der Waals surface area contributed by atoms with E-state index in [4.69, 9.17) is 21.5 Å². The maximum Gasteiger partial charge on any atom is 0.329 e. The topological polar surface area (TPSA) is 167 Å². The van der Waals surface area contributed by atoms with E-state index < -0.39 is 18.7 Å². The average molecular weight is 437 g/mol. The number of amides is 1. The van der Waals surface area contributed by atoms with Crippen LogP contribution in [0.1, 0.15) is 30.4 Å². The Balaban J connectivity index is 3.04. The number of ether oxygens (including phenoxy) is 1. The van der Waals surface area contributed by atoms with Gasteiger partial charge in [-0.15, -0.1) is 0 Å². The lowest BCUT2D eigenvalue weighted by Gasteiger charge is -2.27. The van der Waals surface area contributed by atoms with Crippen molar-refractivity contribution in [2.45, 2.75) is 39.2 Å². The van der Waals surface area contributed by atoms with Crippen molar-refractivity contribution in [3.63, 3.8) is 0 Å². The van der Waals surface area contributed by atoms with Gasteiger partial charge < -0.3 is 25.7 Å². The summed E-state index contributed by atoms with van der Waals surface area (Å²) in [6, 6.07) is 3.67. The van der Waals surface area contributed by atoms with Gasteiger partial charge in [-0.1, -0.05) is 0 Å². The van der Waals surface area contributed by atoms with Gasteiger partial charge in [-0.25, -0.2) is 10.6 Å². The summed E-state index contributed by atoms with van der Waals surface area (Å²) >= 11 is 0. The van der Waals surface area contributed by atoms with E-state index in [1.807, 2.05) is 26.0 Å². The smallest absolute Gasteiger partial charge is 0.329 e. The Morgan fingerprint density at radius 3 is 2.45 bits per heavy atom. The molecule has 0 radical (unpaired) electrons. The fourth-order valence-electron chi connectivity index (χ4n) is 2.80. The molecule has 0 aliphatic heterocycles. The van der Waals surface area contributed by atoms with Crippen LogP contribution < -0.4 is 16.6 Å². The summed E-state index contributed by atoms with van der Waals surface area (Å²) in [7, 11) is 1.52. The van der Waals surface area contributed by atoms with Crippen molar-refractivity contribution in [2.75, 3.05) is 31.7 Å². The number of hydrazine groups is 1. The summed E-state index contributed by atoms with van der Waals surface area (Å²) in [6.45, 7) is 7.29. The number of carbonyl (C=O) groups excluding carboxylic acids is 1. The highest BCUT2D eigenvalue weighted by Gasteiger charge is 2.23. The summed E-state index contributed by atoms with van der Waals surface area (Å²) in [5, 5.41) is 23.6. The maximum atomic E-state index is 13.1. The zero-order valence-electron chi connectivity index (χ0n) is 18.2. The molecule has 0 heterocycles. The molecule has 0 saturated heterocycles. The van der Waals surface area contributed by atoms with Gasteiger partial charge in [0.1, 0.15) is 12.4 Å². The van der Waals surface area contributed by atoms with Crippen LogP contribution >= 0.6 is 0 Å². The molecule has 11 heteroatoms. The van der Waals surface area contributed by atoms with Crippen molar-refractivity contribution >= 4 is 35.8 Å². The summed E-state index contributed by atoms with van der Waals surface area (Å²) in [5.74, 6) is 9.80. The van der Waals surface area contributed by atoms with Crippen LogP contribution in [0.5, 0.6) is 0 Å². The first-order valence-electron chi connectivity index (χ1n) is 9.71. The standard InChI is InChI=1S/C20H32N6O5/c1-13-9-16(23-3)17(10-14(13)2)26(19(28)11-18(24-21)25(4)22)7-5-15(27)6-8-31-12-20(29)30/h9-10,15,27H,3,5-8,11-12,21-22H2,1-2,4H3,(H,29,30)/b24-18-. The molecule has 0 aliphatic carbocycles. The van der Waals surface area contributed by atoms with Crippen LogP contribution in [0.25, 0.3) is 0 Å². The molecule has 1 aromatic rings. The molecule has 1 atom stereocenters. The van der Waals surface area contributed by atoms with Crippen molar-refractivity contribution in [2.24, 2.45) is 21.8 Å². The Hall–Kier alpha value is -3.02. The monoisotopic (exact) mass is 436 g/mol. The summed E-state index contributed by atoms with van der Waals surface area (Å²) < 4.78 is 4.95. The second-order valence-electron chi connectivity index (χ2n) is 7.14. The number of hydrogen-bond acceptors (Lipinski definition) is 8. The van der Waals surface area contributed by atoms with E-state index in [0.29, 0.717) is 11.4 Å². The molecule has 1 rings (SSSR count). The van der Waals surface area contributed by atoms with Gasteiger partial charge in [-0.2, -0.15) is 5.10 Å². The third-order valence-electron chi connectivity index (χ3n) is 4.73. The van der Waals surface area contributed by atoms with E-state index in [0.717, 1.165) is 16.1 Å². The number of aliphatic imine (C=N–C) groups is 1. The molecule has 31 heavy (non-hydrogen) atoms. The van der Waals surface area contributed by atoms with E-state index in [2.05, 4.69) is 16.8 Å². The van der Waals surface area contributed by atoms with Crippen LogP contribution in [-0.2, 0) is 14.3 Å². The van der Waals surface area contributed by atoms with Gasteiger partial charge in [0.2, 0.25) is 5.91 Å². The second-order valence-corrected chi connectivity index (χ2v) is 7.14. The lowest BCUT2D eigenvalue weighted by Crippen LogP contribution is -2.41. The van der Waals surface area contributed by atoms with Crippen LogP contribution in [0.15, 0.2) is 22.2 Å². The molecule has 172 valence electrons. The fraction of sp³-hybridized carbons (Fsp3) is 0.500. The van der Waals surface area contributed by atoms with Crippen LogP contribution in [0, 0.1) is 13.8 Å². The van der Waals surface area contributed by atoms with Crippen molar-refractivity contribution in [1.82, 2.24) is 5.01 Å². The van der Waals surface area contributed by atoms with Crippen molar-refractivity contribution in [1.29, 1.82) is 0 Å². The van der Waals surface area contributed by atoms with E-state index in [1.54, 1.807) is 0 Å². The number of aryl methyl sites for hydroxylation is 2. The largest absolute Gasteiger partial charge is 0.480 e. The van der Waals surface area contributed by atoms with Gasteiger partial charge in [0.05, 0.1) is 23.9 Å². The first kappa shape index (κ1) is 26.0. The van der Waals surface area contributed by atoms with Gasteiger partial charge in [-0.3, -0.25) is 14.8 Å². The number of nitrogens with zero attached hydrogens (tertiary/aromatic N) is 4. The molecule has 0 fully saturated rings. The number of aliphatic carboxylic acids is 1. The maximum absolute atomic E-state index is 13.1. The number of hydrogen-bond donors (Lipinski definition) is 4. The quantitative estimate of drug-likeness (QED) is 0.122. The van der Waals surface area contributed by atoms with E-state index in [-0.39, 0.29) is 44.2 Å². The number of carboxylic acid groups (broad SMARTS) is 1. The number of aliphatic hydroxyl groups excluding tert-OH is 1. The third-order valence-corrected chi connectivity index (χ3v) is 4.73. The Kier molecular flexibility index (Phi) is 10.6. The van der Waals surface area contributed by atoms with Crippen LogP contribution in [-0.4, -0.2) is 72.6 Å². The lowest BCUT2D eigenvalue weighted by atomic mass is 10.1. The minimum atomic E-state index is -1.08. The van der Waals surface area contributed by atoms with Gasteiger partial charge >= 0.3 is 5.97 Å². The number of anilines is 1. The second kappa shape index (κ2) is 12.6. The number of benzene rings is 1. The highest BCUT2D eigenvalue weighted by atomic mass is 16.5. The molecule has 1 amide bonds. The molecule has 6 N–H and O–H groups in total. The Bertz CT molecular complexity index is 811. The molecule has 0 aromatic heterocycles. The zero-order valence-corrected chi connectivity index (χ0v) is 18.2. The Morgan fingerprint density at radius 2 is 1.90 bits per heavy atom. The molecular formula is C20H32N6O5. The minimum Gasteiger partial charge on any atom is -0.480 e. The first-order valence-corrected chi connectivity index (χ1v) is 9.71. The van der Waals surface area contributed by atoms with Gasteiger partial charge in [-0.05, 0) is 56.7 Å². The number of amidine groups is 1. The van der Waals surface area contributed by atoms with Gasteiger partial charge in [0.25, 0.3) is 0 Å². The first-order chi connectivity index (χ1) is 14.6. The number of carbonyl (C=O) groups is 2. The Morgan fingerprint density at radius 1 is 1.26 bits per heavy atom. The van der Waals surface area contributed by atoms with Crippen molar-refractivity contribution in [3.8, 4) is 0 Å². The Labute approximate surface area is 181 Å². The van der Waals surface area contributed by atoms with Gasteiger partial charge in [0.15, 0.2) is 0 Å². The summed E-state index contributed by atoms with van der Waals surface area (Å²) in [5.41, 5.74) is 3.04. The molecular weight excluding hydrogens is 404 g/mol. The molecule has 0 saturated carbocycles. The predicted molar refractivity (Wildman–Crippen MR) is 119 cm³/mol. The zero-order chi connectivity index (χ0) is 23.6. The van der Waals surface area contributed by atoms with Crippen LogP contribution in [0.3, 0.4) is 0 Å². The number of nitrogens with two attached hydrogens (primary N) is 2. The minimum absolute atomic E-state index is 0.0897. The number of hydrazone groups is 1. The summed E-state index contributed by atoms with van der Waals surface area (Å²) in [4.78, 5) is 29.1. The third kappa shape index (κ3) is 8.32. The highest BCUT2D eigenvalue weighted by Crippen LogP contribution is 2.32. The SMILES string of the molecule is C=Nc1cc(C)c(C)cc1N(CCC(O)CCOCC(=O)O)C(=O)C/C(=N/N)N(C)N. The number of rotatable bonds is 12. The fourth-order valence-corrected chi connectivity index (χ4v) is 2.80. The van der Waals surface area contributed by atoms with Crippen molar-refractivity contribution < 1.29 is 24.5 Å². The molecule has 1 unspecified atom stereocenters. The van der Waals surface area contributed by atoms with Gasteiger partial charge in [0, 0.05) is 20.2 Å². The molecule has 1 aromatic carbocycles. The van der Waals surface area contributed by atoms with E-state index in [9.17, 15) is 14.7 Å². The van der Waals surface area contributed by atoms with E-state index >= 15 is 0 Å². The molecule has 0 spiro atoms. The molecule has 0 bridgehead atoms. The lowest BCUT2D eigenvalue weighted by molar-refractivity contribution is -0.142. The number of aliphatic hydroxyl groups is 1. The average Bonchev–Trinajstić information content (AvgIpc) is 2.71.